The summed E-state index contributed by atoms with van der Waals surface area (Å²) >= 11 is 0. The number of likely N-dealkylation sites (tertiary alicyclic amines) is 1. The van der Waals surface area contributed by atoms with Gasteiger partial charge in [0, 0.05) is 25.9 Å². The van der Waals surface area contributed by atoms with Crippen LogP contribution in [0, 0.1) is 11.8 Å². The van der Waals surface area contributed by atoms with E-state index in [-0.39, 0.29) is 11.8 Å². The average molecular weight is 358 g/mol. The molecule has 1 fully saturated rings. The van der Waals surface area contributed by atoms with E-state index in [9.17, 15) is 9.59 Å². The first-order chi connectivity index (χ1) is 12.5. The molecule has 2 heterocycles. The highest BCUT2D eigenvalue weighted by molar-refractivity contribution is 5.92. The Labute approximate surface area is 156 Å². The molecule has 0 unspecified atom stereocenters. The fraction of sp³-hybridized carbons (Fsp3) is 0.619. The van der Waals surface area contributed by atoms with Gasteiger partial charge in [0.2, 0.25) is 11.8 Å². The van der Waals surface area contributed by atoms with Gasteiger partial charge in [-0.1, -0.05) is 26.8 Å². The van der Waals surface area contributed by atoms with Crippen LogP contribution >= 0.6 is 0 Å². The van der Waals surface area contributed by atoms with Crippen molar-refractivity contribution in [1.29, 1.82) is 0 Å². The van der Waals surface area contributed by atoms with E-state index >= 15 is 0 Å². The van der Waals surface area contributed by atoms with Gasteiger partial charge in [-0.2, -0.15) is 0 Å². The van der Waals surface area contributed by atoms with Gasteiger partial charge in [-0.05, 0) is 48.3 Å². The first-order valence-corrected chi connectivity index (χ1v) is 9.82. The second kappa shape index (κ2) is 8.11. The molecule has 1 aromatic rings. The van der Waals surface area contributed by atoms with Gasteiger partial charge in [0.05, 0.1) is 12.3 Å². The molecule has 5 heteroatoms. The summed E-state index contributed by atoms with van der Waals surface area (Å²) in [6.45, 7) is 8.30. The minimum Gasteiger partial charge on any atom is -0.491 e. The van der Waals surface area contributed by atoms with Crippen molar-refractivity contribution in [3.05, 3.63) is 23.8 Å². The van der Waals surface area contributed by atoms with Gasteiger partial charge in [0.25, 0.3) is 0 Å². The molecule has 1 aromatic carbocycles. The van der Waals surface area contributed by atoms with E-state index in [0.717, 1.165) is 37.4 Å². The maximum atomic E-state index is 12.6. The molecule has 0 radical (unpaired) electrons. The van der Waals surface area contributed by atoms with E-state index in [1.165, 1.54) is 5.56 Å². The highest BCUT2D eigenvalue weighted by atomic mass is 16.5. The van der Waals surface area contributed by atoms with Crippen LogP contribution in [-0.4, -0.2) is 36.4 Å². The minimum absolute atomic E-state index is 0.0444. The van der Waals surface area contributed by atoms with Crippen molar-refractivity contribution in [2.75, 3.05) is 25.0 Å². The summed E-state index contributed by atoms with van der Waals surface area (Å²) in [7, 11) is 0. The monoisotopic (exact) mass is 358 g/mol. The highest BCUT2D eigenvalue weighted by Gasteiger charge is 2.33. The number of amides is 2. The Hall–Kier alpha value is -2.04. The summed E-state index contributed by atoms with van der Waals surface area (Å²) < 4.78 is 6.00. The summed E-state index contributed by atoms with van der Waals surface area (Å²) in [5.41, 5.74) is 1.97. The van der Waals surface area contributed by atoms with E-state index in [1.807, 2.05) is 24.0 Å². The highest BCUT2D eigenvalue weighted by Crippen LogP contribution is 2.34. The maximum Gasteiger partial charge on any atom is 0.224 e. The Morgan fingerprint density at radius 1 is 1.31 bits per heavy atom. The molecule has 0 aromatic heterocycles. The molecule has 26 heavy (non-hydrogen) atoms. The van der Waals surface area contributed by atoms with Crippen LogP contribution in [0.3, 0.4) is 0 Å². The fourth-order valence-electron chi connectivity index (χ4n) is 4.02. The fourth-order valence-corrected chi connectivity index (χ4v) is 4.02. The number of ether oxygens (including phenoxy) is 1. The third-order valence-electron chi connectivity index (χ3n) is 5.68. The van der Waals surface area contributed by atoms with Crippen LogP contribution in [0.4, 0.5) is 5.69 Å². The van der Waals surface area contributed by atoms with Crippen LogP contribution in [-0.2, 0) is 9.59 Å². The zero-order valence-electron chi connectivity index (χ0n) is 16.1. The number of hydrogen-bond donors (Lipinski definition) is 1. The maximum absolute atomic E-state index is 12.6. The predicted octanol–water partition coefficient (Wildman–Crippen LogP) is 3.80. The van der Waals surface area contributed by atoms with E-state index < -0.39 is 0 Å². The number of rotatable bonds is 2. The third-order valence-corrected chi connectivity index (χ3v) is 5.68. The van der Waals surface area contributed by atoms with Crippen LogP contribution in [0.25, 0.3) is 0 Å². The van der Waals surface area contributed by atoms with Crippen molar-refractivity contribution < 1.29 is 14.3 Å². The Balaban J connectivity index is 1.77. The number of anilines is 1. The second-order valence-electron chi connectivity index (χ2n) is 7.80. The first kappa shape index (κ1) is 18.7. The SMILES string of the molecule is CCC(=O)N1CC[C@H]2CC(=O)Nc3cc(C(C)C)ccc3OCC[C@H]2C1. The van der Waals surface area contributed by atoms with Gasteiger partial charge in [-0.3, -0.25) is 9.59 Å². The molecular weight excluding hydrogens is 328 g/mol. The van der Waals surface area contributed by atoms with E-state index in [1.54, 1.807) is 0 Å². The van der Waals surface area contributed by atoms with E-state index in [2.05, 4.69) is 25.2 Å². The second-order valence-corrected chi connectivity index (χ2v) is 7.80. The lowest BCUT2D eigenvalue weighted by Crippen LogP contribution is -2.45. The molecule has 2 aliphatic rings. The third kappa shape index (κ3) is 4.19. The van der Waals surface area contributed by atoms with Gasteiger partial charge in [0.1, 0.15) is 5.75 Å². The molecule has 2 amide bonds. The van der Waals surface area contributed by atoms with Gasteiger partial charge >= 0.3 is 0 Å². The minimum atomic E-state index is 0.0444. The molecule has 2 atom stereocenters. The van der Waals surface area contributed by atoms with Crippen LogP contribution in [0.5, 0.6) is 5.75 Å². The molecule has 2 aliphatic heterocycles. The molecule has 3 rings (SSSR count). The number of carbonyl (C=O) groups excluding carboxylic acids is 2. The van der Waals surface area contributed by atoms with Gasteiger partial charge in [0.15, 0.2) is 0 Å². The lowest BCUT2D eigenvalue weighted by molar-refractivity contribution is -0.133. The normalized spacial score (nSPS) is 23.5. The van der Waals surface area contributed by atoms with E-state index in [4.69, 9.17) is 4.74 Å². The Kier molecular flexibility index (Phi) is 5.84. The van der Waals surface area contributed by atoms with Crippen LogP contribution < -0.4 is 10.1 Å². The topological polar surface area (TPSA) is 58.6 Å². The number of nitrogens with one attached hydrogen (secondary N) is 1. The summed E-state index contributed by atoms with van der Waals surface area (Å²) in [5.74, 6) is 2.02. The molecule has 0 aliphatic carbocycles. The quantitative estimate of drug-likeness (QED) is 0.875. The average Bonchev–Trinajstić information content (AvgIpc) is 2.63. The number of benzene rings is 1. The molecular formula is C21H30N2O3. The lowest BCUT2D eigenvalue weighted by Gasteiger charge is -2.39. The Morgan fingerprint density at radius 3 is 2.85 bits per heavy atom. The standard InChI is InChI=1S/C21H30N2O3/c1-4-21(25)23-9-7-16-12-20(24)22-18-11-15(14(2)3)5-6-19(18)26-10-8-17(16)13-23/h5-6,11,14,16-17H,4,7-10,12-13H2,1-3H3,(H,22,24)/t16-,17-/m0/s1. The smallest absolute Gasteiger partial charge is 0.224 e. The van der Waals surface area contributed by atoms with Crippen LogP contribution in [0.15, 0.2) is 18.2 Å². The number of nitrogens with zero attached hydrogens (tertiary/aromatic N) is 1. The molecule has 0 bridgehead atoms. The largest absolute Gasteiger partial charge is 0.491 e. The zero-order valence-corrected chi connectivity index (χ0v) is 16.1. The molecule has 0 saturated carbocycles. The van der Waals surface area contributed by atoms with Gasteiger partial charge < -0.3 is 15.0 Å². The Bertz CT molecular complexity index is 671. The molecule has 142 valence electrons. The van der Waals surface area contributed by atoms with Gasteiger partial charge in [-0.25, -0.2) is 0 Å². The number of piperidine rings is 1. The molecule has 0 spiro atoms. The van der Waals surface area contributed by atoms with E-state index in [0.29, 0.717) is 37.2 Å². The lowest BCUT2D eigenvalue weighted by atomic mass is 9.81. The first-order valence-electron chi connectivity index (χ1n) is 9.82. The van der Waals surface area contributed by atoms with Crippen molar-refractivity contribution in [2.24, 2.45) is 11.8 Å². The van der Waals surface area contributed by atoms with Crippen LogP contribution in [0.2, 0.25) is 0 Å². The molecule has 5 nitrogen and oxygen atoms in total. The Morgan fingerprint density at radius 2 is 2.12 bits per heavy atom. The van der Waals surface area contributed by atoms with Crippen molar-refractivity contribution >= 4 is 17.5 Å². The van der Waals surface area contributed by atoms with Crippen LogP contribution in [0.1, 0.15) is 57.9 Å². The zero-order chi connectivity index (χ0) is 18.7. The molecule has 1 N–H and O–H groups in total. The van der Waals surface area contributed by atoms with Crippen molar-refractivity contribution in [3.8, 4) is 5.75 Å². The molecule has 1 saturated heterocycles. The van der Waals surface area contributed by atoms with Crippen molar-refractivity contribution in [2.45, 2.75) is 52.4 Å². The van der Waals surface area contributed by atoms with Gasteiger partial charge in [-0.15, -0.1) is 0 Å². The number of hydrogen-bond acceptors (Lipinski definition) is 3. The summed E-state index contributed by atoms with van der Waals surface area (Å²) in [4.78, 5) is 26.6. The van der Waals surface area contributed by atoms with Crippen molar-refractivity contribution in [3.63, 3.8) is 0 Å². The predicted molar refractivity (Wildman–Crippen MR) is 102 cm³/mol. The van der Waals surface area contributed by atoms with Crippen molar-refractivity contribution in [1.82, 2.24) is 4.90 Å². The summed E-state index contributed by atoms with van der Waals surface area (Å²) in [5, 5.41) is 3.06. The number of fused-ring (bicyclic) bond motifs is 2. The summed E-state index contributed by atoms with van der Waals surface area (Å²) in [6, 6.07) is 6.05. The summed E-state index contributed by atoms with van der Waals surface area (Å²) in [6.07, 6.45) is 2.82. The number of carbonyl (C=O) groups is 2.